The summed E-state index contributed by atoms with van der Waals surface area (Å²) in [6.07, 6.45) is 2.51. The Morgan fingerprint density at radius 1 is 1.32 bits per heavy atom. The van der Waals surface area contributed by atoms with E-state index in [1.165, 1.54) is 25.9 Å². The summed E-state index contributed by atoms with van der Waals surface area (Å²) in [5, 5.41) is 0. The van der Waals surface area contributed by atoms with E-state index in [1.54, 1.807) is 0 Å². The summed E-state index contributed by atoms with van der Waals surface area (Å²) < 4.78 is 0. The number of hydrogen-bond donors (Lipinski definition) is 1. The highest BCUT2D eigenvalue weighted by molar-refractivity contribution is 5.74. The Hall–Kier alpha value is -1.39. The van der Waals surface area contributed by atoms with Gasteiger partial charge in [-0.3, -0.25) is 4.90 Å². The Morgan fingerprint density at radius 2 is 2.05 bits per heavy atom. The van der Waals surface area contributed by atoms with E-state index in [2.05, 4.69) is 46.0 Å². The lowest BCUT2D eigenvalue weighted by Crippen LogP contribution is -2.41. The summed E-state index contributed by atoms with van der Waals surface area (Å²) in [5.74, 6) is 1.07. The first-order chi connectivity index (χ1) is 9.22. The molecule has 0 spiro atoms. The van der Waals surface area contributed by atoms with Gasteiger partial charge in [-0.1, -0.05) is 12.1 Å². The molecule has 1 aromatic heterocycles. The molecule has 3 rings (SSSR count). The molecule has 1 aliphatic rings. The smallest absolute Gasteiger partial charge is 0.121 e. The quantitative estimate of drug-likeness (QED) is 0.915. The van der Waals surface area contributed by atoms with Gasteiger partial charge >= 0.3 is 0 Å². The van der Waals surface area contributed by atoms with Crippen molar-refractivity contribution in [2.45, 2.75) is 25.4 Å². The summed E-state index contributed by atoms with van der Waals surface area (Å²) in [6.45, 7) is 3.31. The fourth-order valence-corrected chi connectivity index (χ4v) is 2.88. The molecule has 2 heterocycles. The third-order valence-corrected chi connectivity index (χ3v) is 4.15. The van der Waals surface area contributed by atoms with E-state index in [-0.39, 0.29) is 0 Å². The standard InChI is InChI=1S/C15H22N4/c1-18-9-7-12(8-10-18)19(2)11-15-16-13-5-3-4-6-14(13)17-15/h3-6,12H,7-11H2,1-2H3,(H,16,17). The molecule has 1 aromatic carbocycles. The van der Waals surface area contributed by atoms with Crippen molar-refractivity contribution in [3.05, 3.63) is 30.1 Å². The zero-order valence-electron chi connectivity index (χ0n) is 11.8. The molecule has 102 valence electrons. The lowest BCUT2D eigenvalue weighted by atomic mass is 10.0. The molecule has 4 nitrogen and oxygen atoms in total. The summed E-state index contributed by atoms with van der Waals surface area (Å²) >= 11 is 0. The van der Waals surface area contributed by atoms with E-state index in [9.17, 15) is 0 Å². The number of nitrogens with one attached hydrogen (secondary N) is 1. The molecule has 0 radical (unpaired) electrons. The minimum absolute atomic E-state index is 0.685. The fraction of sp³-hybridized carbons (Fsp3) is 0.533. The van der Waals surface area contributed by atoms with Gasteiger partial charge in [-0.15, -0.1) is 0 Å². The van der Waals surface area contributed by atoms with Crippen LogP contribution in [0.1, 0.15) is 18.7 Å². The largest absolute Gasteiger partial charge is 0.341 e. The maximum absolute atomic E-state index is 4.65. The first-order valence-electron chi connectivity index (χ1n) is 7.05. The molecule has 4 heteroatoms. The van der Waals surface area contributed by atoms with Crippen molar-refractivity contribution in [1.29, 1.82) is 0 Å². The van der Waals surface area contributed by atoms with Gasteiger partial charge < -0.3 is 9.88 Å². The van der Waals surface area contributed by atoms with Crippen LogP contribution in [0, 0.1) is 0 Å². The number of aromatic nitrogens is 2. The van der Waals surface area contributed by atoms with Crippen LogP contribution in [0.4, 0.5) is 0 Å². The third kappa shape index (κ3) is 2.80. The molecule has 1 N–H and O–H groups in total. The molecule has 2 aromatic rings. The van der Waals surface area contributed by atoms with E-state index in [0.29, 0.717) is 6.04 Å². The van der Waals surface area contributed by atoms with E-state index < -0.39 is 0 Å². The summed E-state index contributed by atoms with van der Waals surface area (Å²) in [7, 11) is 4.42. The van der Waals surface area contributed by atoms with Crippen LogP contribution < -0.4 is 0 Å². The van der Waals surface area contributed by atoms with Crippen LogP contribution in [0.5, 0.6) is 0 Å². The third-order valence-electron chi connectivity index (χ3n) is 4.15. The molecular weight excluding hydrogens is 236 g/mol. The topological polar surface area (TPSA) is 35.2 Å². The molecule has 0 unspecified atom stereocenters. The zero-order chi connectivity index (χ0) is 13.2. The van der Waals surface area contributed by atoms with E-state index >= 15 is 0 Å². The van der Waals surface area contributed by atoms with Crippen molar-refractivity contribution < 1.29 is 0 Å². The average Bonchev–Trinajstić information content (AvgIpc) is 2.81. The summed E-state index contributed by atoms with van der Waals surface area (Å²) in [6, 6.07) is 8.91. The lowest BCUT2D eigenvalue weighted by molar-refractivity contribution is 0.137. The van der Waals surface area contributed by atoms with Crippen LogP contribution in [-0.4, -0.2) is 53.0 Å². The van der Waals surface area contributed by atoms with Crippen LogP contribution in [0.3, 0.4) is 0 Å². The Morgan fingerprint density at radius 3 is 2.79 bits per heavy atom. The summed E-state index contributed by atoms with van der Waals surface area (Å²) in [4.78, 5) is 12.9. The number of para-hydroxylation sites is 2. The van der Waals surface area contributed by atoms with Crippen molar-refractivity contribution in [1.82, 2.24) is 19.8 Å². The summed E-state index contributed by atoms with van der Waals surface area (Å²) in [5.41, 5.74) is 2.20. The van der Waals surface area contributed by atoms with Gasteiger partial charge in [0.2, 0.25) is 0 Å². The van der Waals surface area contributed by atoms with Crippen LogP contribution in [0.2, 0.25) is 0 Å². The van der Waals surface area contributed by atoms with Crippen LogP contribution >= 0.6 is 0 Å². The first kappa shape index (κ1) is 12.6. The van der Waals surface area contributed by atoms with Crippen molar-refractivity contribution in [2.24, 2.45) is 0 Å². The number of hydrogen-bond acceptors (Lipinski definition) is 3. The molecule has 0 aliphatic carbocycles. The van der Waals surface area contributed by atoms with E-state index in [0.717, 1.165) is 23.4 Å². The Kier molecular flexibility index (Phi) is 3.53. The predicted octanol–water partition coefficient (Wildman–Crippen LogP) is 2.09. The normalized spacial score (nSPS) is 18.5. The minimum Gasteiger partial charge on any atom is -0.341 e. The van der Waals surface area contributed by atoms with Gasteiger partial charge in [-0.25, -0.2) is 4.98 Å². The number of fused-ring (bicyclic) bond motifs is 1. The van der Waals surface area contributed by atoms with Gasteiger partial charge in [0, 0.05) is 6.04 Å². The van der Waals surface area contributed by atoms with Crippen LogP contribution in [-0.2, 0) is 6.54 Å². The predicted molar refractivity (Wildman–Crippen MR) is 78.1 cm³/mol. The number of likely N-dealkylation sites (tertiary alicyclic amines) is 1. The number of nitrogens with zero attached hydrogens (tertiary/aromatic N) is 3. The highest BCUT2D eigenvalue weighted by Crippen LogP contribution is 2.17. The number of benzene rings is 1. The Balaban J connectivity index is 1.67. The fourth-order valence-electron chi connectivity index (χ4n) is 2.88. The molecule has 19 heavy (non-hydrogen) atoms. The number of H-pyrrole nitrogens is 1. The molecule has 1 aliphatic heterocycles. The van der Waals surface area contributed by atoms with Gasteiger partial charge in [0.15, 0.2) is 0 Å². The van der Waals surface area contributed by atoms with Crippen LogP contribution in [0.25, 0.3) is 11.0 Å². The van der Waals surface area contributed by atoms with Crippen molar-refractivity contribution >= 4 is 11.0 Å². The monoisotopic (exact) mass is 258 g/mol. The van der Waals surface area contributed by atoms with E-state index in [4.69, 9.17) is 0 Å². The second kappa shape index (κ2) is 5.31. The van der Waals surface area contributed by atoms with Gasteiger partial charge in [0.05, 0.1) is 17.6 Å². The first-order valence-corrected chi connectivity index (χ1v) is 7.05. The minimum atomic E-state index is 0.685. The van der Waals surface area contributed by atoms with Gasteiger partial charge in [-0.05, 0) is 52.2 Å². The van der Waals surface area contributed by atoms with E-state index in [1.807, 2.05) is 12.1 Å². The highest BCUT2D eigenvalue weighted by Gasteiger charge is 2.21. The molecule has 1 saturated heterocycles. The molecule has 1 fully saturated rings. The lowest BCUT2D eigenvalue weighted by Gasteiger charge is -2.34. The molecule has 0 amide bonds. The number of rotatable bonds is 3. The zero-order valence-corrected chi connectivity index (χ0v) is 11.8. The van der Waals surface area contributed by atoms with Crippen molar-refractivity contribution in [2.75, 3.05) is 27.2 Å². The number of aromatic amines is 1. The van der Waals surface area contributed by atoms with Gasteiger partial charge in [-0.2, -0.15) is 0 Å². The second-order valence-corrected chi connectivity index (χ2v) is 5.65. The number of imidazole rings is 1. The Bertz CT molecular complexity index is 507. The van der Waals surface area contributed by atoms with Gasteiger partial charge in [0.25, 0.3) is 0 Å². The molecule has 0 atom stereocenters. The highest BCUT2D eigenvalue weighted by atomic mass is 15.2. The maximum Gasteiger partial charge on any atom is 0.121 e. The van der Waals surface area contributed by atoms with Crippen molar-refractivity contribution in [3.8, 4) is 0 Å². The molecule has 0 saturated carbocycles. The van der Waals surface area contributed by atoms with Crippen molar-refractivity contribution in [3.63, 3.8) is 0 Å². The van der Waals surface area contributed by atoms with Crippen LogP contribution in [0.15, 0.2) is 24.3 Å². The average molecular weight is 258 g/mol. The number of piperidine rings is 1. The molecular formula is C15H22N4. The molecule has 0 bridgehead atoms. The second-order valence-electron chi connectivity index (χ2n) is 5.65. The maximum atomic E-state index is 4.65. The Labute approximate surface area is 114 Å². The SMILES string of the molecule is CN1CCC(N(C)Cc2nc3ccccc3[nH]2)CC1. The van der Waals surface area contributed by atoms with Gasteiger partial charge in [0.1, 0.15) is 5.82 Å².